The van der Waals surface area contributed by atoms with E-state index in [4.69, 9.17) is 0 Å². The SMILES string of the molecule is Cc1cccc(C)c1NC(=O)c1cc(-c2ccc(F)cc2)nc2ccccc12. The zero-order valence-electron chi connectivity index (χ0n) is 15.7. The number of fused-ring (bicyclic) bond motifs is 1. The van der Waals surface area contributed by atoms with Crippen molar-refractivity contribution in [1.82, 2.24) is 4.98 Å². The highest BCUT2D eigenvalue weighted by atomic mass is 19.1. The van der Waals surface area contributed by atoms with E-state index in [0.29, 0.717) is 11.3 Å². The van der Waals surface area contributed by atoms with E-state index in [1.807, 2.05) is 56.3 Å². The molecule has 4 aromatic rings. The van der Waals surface area contributed by atoms with Crippen molar-refractivity contribution in [3.05, 3.63) is 95.3 Å². The summed E-state index contributed by atoms with van der Waals surface area (Å²) in [7, 11) is 0. The summed E-state index contributed by atoms with van der Waals surface area (Å²) in [6.07, 6.45) is 0. The van der Waals surface area contributed by atoms with Crippen LogP contribution in [0.3, 0.4) is 0 Å². The van der Waals surface area contributed by atoms with Crippen LogP contribution in [-0.2, 0) is 0 Å². The van der Waals surface area contributed by atoms with Crippen LogP contribution in [0.25, 0.3) is 22.2 Å². The number of pyridine rings is 1. The van der Waals surface area contributed by atoms with Crippen LogP contribution in [0.1, 0.15) is 21.5 Å². The lowest BCUT2D eigenvalue weighted by Gasteiger charge is -2.14. The fourth-order valence-electron chi connectivity index (χ4n) is 3.32. The number of carbonyl (C=O) groups is 1. The number of anilines is 1. The van der Waals surface area contributed by atoms with Crippen LogP contribution in [0.5, 0.6) is 0 Å². The lowest BCUT2D eigenvalue weighted by Crippen LogP contribution is -2.14. The fraction of sp³-hybridized carbons (Fsp3) is 0.0833. The Bertz CT molecular complexity index is 1160. The molecular formula is C24H19FN2O. The molecule has 0 unspecified atom stereocenters. The molecule has 0 aliphatic heterocycles. The molecule has 28 heavy (non-hydrogen) atoms. The number of nitrogens with zero attached hydrogens (tertiary/aromatic N) is 1. The number of rotatable bonds is 3. The third-order valence-electron chi connectivity index (χ3n) is 4.82. The first-order chi connectivity index (χ1) is 13.5. The van der Waals surface area contributed by atoms with Crippen molar-refractivity contribution in [3.8, 4) is 11.3 Å². The first kappa shape index (κ1) is 17.9. The average molecular weight is 370 g/mol. The van der Waals surface area contributed by atoms with Crippen molar-refractivity contribution >= 4 is 22.5 Å². The maximum Gasteiger partial charge on any atom is 0.256 e. The van der Waals surface area contributed by atoms with Crippen LogP contribution in [0.4, 0.5) is 10.1 Å². The van der Waals surface area contributed by atoms with Crippen LogP contribution in [0.2, 0.25) is 0 Å². The Morgan fingerprint density at radius 1 is 0.893 bits per heavy atom. The standard InChI is InChI=1S/C24H19FN2O/c1-15-6-5-7-16(2)23(15)27-24(28)20-14-22(17-10-12-18(25)13-11-17)26-21-9-4-3-8-19(20)21/h3-14H,1-2H3,(H,27,28). The van der Waals surface area contributed by atoms with Gasteiger partial charge in [0.15, 0.2) is 0 Å². The van der Waals surface area contributed by atoms with Gasteiger partial charge in [-0.2, -0.15) is 0 Å². The van der Waals surface area contributed by atoms with Crippen molar-refractivity contribution in [1.29, 1.82) is 0 Å². The summed E-state index contributed by atoms with van der Waals surface area (Å²) in [5.41, 5.74) is 5.47. The van der Waals surface area contributed by atoms with Crippen LogP contribution in [0.15, 0.2) is 72.8 Å². The van der Waals surface area contributed by atoms with Gasteiger partial charge in [-0.25, -0.2) is 9.37 Å². The van der Waals surface area contributed by atoms with Crippen LogP contribution in [-0.4, -0.2) is 10.9 Å². The van der Waals surface area contributed by atoms with Gasteiger partial charge in [-0.15, -0.1) is 0 Å². The minimum atomic E-state index is -0.308. The first-order valence-electron chi connectivity index (χ1n) is 9.06. The van der Waals surface area contributed by atoms with E-state index in [1.54, 1.807) is 18.2 Å². The van der Waals surface area contributed by atoms with E-state index in [2.05, 4.69) is 10.3 Å². The molecule has 1 amide bonds. The lowest BCUT2D eigenvalue weighted by atomic mass is 10.0. The number of para-hydroxylation sites is 2. The van der Waals surface area contributed by atoms with Crippen molar-refractivity contribution in [3.63, 3.8) is 0 Å². The van der Waals surface area contributed by atoms with E-state index in [0.717, 1.165) is 33.3 Å². The van der Waals surface area contributed by atoms with E-state index >= 15 is 0 Å². The van der Waals surface area contributed by atoms with Crippen molar-refractivity contribution < 1.29 is 9.18 Å². The molecule has 4 heteroatoms. The normalized spacial score (nSPS) is 10.8. The van der Waals surface area contributed by atoms with Gasteiger partial charge in [0.1, 0.15) is 5.82 Å². The van der Waals surface area contributed by atoms with Crippen molar-refractivity contribution in [2.75, 3.05) is 5.32 Å². The molecule has 1 heterocycles. The number of carbonyl (C=O) groups excluding carboxylic acids is 1. The Kier molecular flexibility index (Phi) is 4.62. The summed E-state index contributed by atoms with van der Waals surface area (Å²) < 4.78 is 13.3. The molecule has 0 spiro atoms. The fourth-order valence-corrected chi connectivity index (χ4v) is 3.32. The van der Waals surface area contributed by atoms with E-state index in [-0.39, 0.29) is 11.7 Å². The molecule has 138 valence electrons. The van der Waals surface area contributed by atoms with Crippen LogP contribution in [0, 0.1) is 19.7 Å². The van der Waals surface area contributed by atoms with Gasteiger partial charge in [-0.3, -0.25) is 4.79 Å². The number of hydrogen-bond acceptors (Lipinski definition) is 2. The molecular weight excluding hydrogens is 351 g/mol. The largest absolute Gasteiger partial charge is 0.321 e. The average Bonchev–Trinajstić information content (AvgIpc) is 2.70. The van der Waals surface area contributed by atoms with Crippen molar-refractivity contribution in [2.24, 2.45) is 0 Å². The summed E-state index contributed by atoms with van der Waals surface area (Å²) in [6, 6.07) is 21.3. The van der Waals surface area contributed by atoms with Gasteiger partial charge >= 0.3 is 0 Å². The highest BCUT2D eigenvalue weighted by Crippen LogP contribution is 2.27. The summed E-state index contributed by atoms with van der Waals surface area (Å²) in [5.74, 6) is -0.503. The van der Waals surface area contributed by atoms with E-state index in [9.17, 15) is 9.18 Å². The Hall–Kier alpha value is -3.53. The van der Waals surface area contributed by atoms with Crippen molar-refractivity contribution in [2.45, 2.75) is 13.8 Å². The number of hydrogen-bond donors (Lipinski definition) is 1. The van der Waals surface area contributed by atoms with E-state index in [1.165, 1.54) is 12.1 Å². The maximum absolute atomic E-state index is 13.3. The van der Waals surface area contributed by atoms with E-state index < -0.39 is 0 Å². The Balaban J connectivity index is 1.83. The summed E-state index contributed by atoms with van der Waals surface area (Å²) >= 11 is 0. The number of nitrogens with one attached hydrogen (secondary N) is 1. The number of amides is 1. The zero-order chi connectivity index (χ0) is 19.7. The molecule has 0 bridgehead atoms. The number of aromatic nitrogens is 1. The number of halogens is 1. The van der Waals surface area contributed by atoms with Gasteiger partial charge < -0.3 is 5.32 Å². The second-order valence-electron chi connectivity index (χ2n) is 6.80. The monoisotopic (exact) mass is 370 g/mol. The Labute approximate surface area is 162 Å². The lowest BCUT2D eigenvalue weighted by molar-refractivity contribution is 0.102. The predicted molar refractivity (Wildman–Crippen MR) is 111 cm³/mol. The van der Waals surface area contributed by atoms with Gasteiger partial charge in [0.05, 0.1) is 16.8 Å². The molecule has 4 rings (SSSR count). The van der Waals surface area contributed by atoms with Gasteiger partial charge in [0, 0.05) is 16.6 Å². The predicted octanol–water partition coefficient (Wildman–Crippen LogP) is 5.91. The molecule has 1 aromatic heterocycles. The second kappa shape index (κ2) is 7.24. The minimum Gasteiger partial charge on any atom is -0.321 e. The molecule has 3 nitrogen and oxygen atoms in total. The second-order valence-corrected chi connectivity index (χ2v) is 6.80. The first-order valence-corrected chi connectivity index (χ1v) is 9.06. The maximum atomic E-state index is 13.3. The van der Waals surface area contributed by atoms with Gasteiger partial charge in [-0.1, -0.05) is 36.4 Å². The summed E-state index contributed by atoms with van der Waals surface area (Å²) in [6.45, 7) is 3.94. The van der Waals surface area contributed by atoms with Gasteiger partial charge in [-0.05, 0) is 61.4 Å². The van der Waals surface area contributed by atoms with Gasteiger partial charge in [0.25, 0.3) is 5.91 Å². The quantitative estimate of drug-likeness (QED) is 0.487. The molecule has 0 aliphatic rings. The molecule has 0 fully saturated rings. The highest BCUT2D eigenvalue weighted by molar-refractivity contribution is 6.13. The summed E-state index contributed by atoms with van der Waals surface area (Å²) in [4.78, 5) is 17.8. The molecule has 0 saturated heterocycles. The zero-order valence-corrected chi connectivity index (χ0v) is 15.7. The number of aryl methyl sites for hydroxylation is 2. The Morgan fingerprint density at radius 3 is 2.29 bits per heavy atom. The molecule has 0 saturated carbocycles. The molecule has 0 atom stereocenters. The summed E-state index contributed by atoms with van der Waals surface area (Å²) in [5, 5.41) is 3.82. The molecule has 3 aromatic carbocycles. The molecule has 0 aliphatic carbocycles. The molecule has 1 N–H and O–H groups in total. The van der Waals surface area contributed by atoms with Crippen LogP contribution >= 0.6 is 0 Å². The van der Waals surface area contributed by atoms with Crippen LogP contribution < -0.4 is 5.32 Å². The third kappa shape index (κ3) is 3.37. The number of benzene rings is 3. The molecule has 0 radical (unpaired) electrons. The minimum absolute atomic E-state index is 0.195. The smallest absolute Gasteiger partial charge is 0.256 e. The Morgan fingerprint density at radius 2 is 1.57 bits per heavy atom. The third-order valence-corrected chi connectivity index (χ3v) is 4.82. The highest BCUT2D eigenvalue weighted by Gasteiger charge is 2.15. The van der Waals surface area contributed by atoms with Gasteiger partial charge in [0.2, 0.25) is 0 Å². The topological polar surface area (TPSA) is 42.0 Å².